The molecule has 1 aromatic rings. The molecule has 0 saturated heterocycles. The first-order chi connectivity index (χ1) is 8.06. The third-order valence-electron chi connectivity index (χ3n) is 2.30. The quantitative estimate of drug-likeness (QED) is 0.756. The third-order valence-corrected chi connectivity index (χ3v) is 2.30. The second-order valence-corrected chi connectivity index (χ2v) is 3.71. The first kappa shape index (κ1) is 11.1. The maximum Gasteiger partial charge on any atom is 0.309 e. The summed E-state index contributed by atoms with van der Waals surface area (Å²) in [5, 5.41) is 13.8. The molecule has 0 spiro atoms. The molecule has 0 fully saturated rings. The van der Waals surface area contributed by atoms with Crippen molar-refractivity contribution >= 4 is 29.0 Å². The van der Waals surface area contributed by atoms with Crippen molar-refractivity contribution in [1.29, 1.82) is 0 Å². The fourth-order valence-corrected chi connectivity index (χ4v) is 1.61. The van der Waals surface area contributed by atoms with Gasteiger partial charge in [0.15, 0.2) is 0 Å². The Balaban J connectivity index is 2.24. The van der Waals surface area contributed by atoms with Crippen molar-refractivity contribution in [2.24, 2.45) is 5.10 Å². The highest BCUT2D eigenvalue weighted by Gasteiger charge is 2.26. The number of rotatable bonds is 3. The van der Waals surface area contributed by atoms with Crippen LogP contribution in [0.4, 0.5) is 11.4 Å². The summed E-state index contributed by atoms with van der Waals surface area (Å²) in [7, 11) is 0. The zero-order valence-electron chi connectivity index (χ0n) is 8.96. The van der Waals surface area contributed by atoms with Gasteiger partial charge in [-0.3, -0.25) is 9.59 Å². The zero-order chi connectivity index (χ0) is 12.4. The Labute approximate surface area is 97.3 Å². The minimum Gasteiger partial charge on any atom is -0.481 e. The number of hydrogen-bond donors (Lipinski definition) is 2. The number of carbonyl (C=O) groups is 2. The van der Waals surface area contributed by atoms with E-state index in [1.54, 1.807) is 24.3 Å². The van der Waals surface area contributed by atoms with Gasteiger partial charge in [0.1, 0.15) is 0 Å². The summed E-state index contributed by atoms with van der Waals surface area (Å²) in [5.41, 5.74) is 7.03. The lowest BCUT2D eigenvalue weighted by molar-refractivity contribution is -0.135. The van der Waals surface area contributed by atoms with E-state index in [4.69, 9.17) is 10.8 Å². The van der Waals surface area contributed by atoms with Crippen molar-refractivity contribution in [1.82, 2.24) is 0 Å². The predicted octanol–water partition coefficient (Wildman–Crippen LogP) is 0.836. The van der Waals surface area contributed by atoms with E-state index in [0.717, 1.165) is 0 Å². The molecule has 6 heteroatoms. The van der Waals surface area contributed by atoms with Crippen LogP contribution in [0, 0.1) is 0 Å². The highest BCUT2D eigenvalue weighted by Crippen LogP contribution is 2.23. The highest BCUT2D eigenvalue weighted by molar-refractivity contribution is 6.16. The van der Waals surface area contributed by atoms with Gasteiger partial charge in [0.2, 0.25) is 0 Å². The van der Waals surface area contributed by atoms with E-state index in [1.807, 2.05) is 0 Å². The fraction of sp³-hybridized carbons (Fsp3) is 0.182. The first-order valence-electron chi connectivity index (χ1n) is 5.03. The molecule has 1 aliphatic rings. The van der Waals surface area contributed by atoms with Crippen LogP contribution in [-0.2, 0) is 9.59 Å². The minimum absolute atomic E-state index is 0.0428. The van der Waals surface area contributed by atoms with Gasteiger partial charge >= 0.3 is 5.97 Å². The number of amides is 1. The maximum absolute atomic E-state index is 11.7. The number of nitrogen functional groups attached to an aromatic ring is 1. The normalized spacial score (nSPS) is 14.9. The number of aliphatic carboxylic acids is 1. The van der Waals surface area contributed by atoms with Crippen LogP contribution in [0.15, 0.2) is 29.4 Å². The molecule has 1 heterocycles. The number of carboxylic acids is 1. The van der Waals surface area contributed by atoms with Crippen molar-refractivity contribution < 1.29 is 14.7 Å². The molecule has 88 valence electrons. The van der Waals surface area contributed by atoms with Gasteiger partial charge in [-0.2, -0.15) is 5.10 Å². The Morgan fingerprint density at radius 2 is 2.29 bits per heavy atom. The Morgan fingerprint density at radius 1 is 1.53 bits per heavy atom. The van der Waals surface area contributed by atoms with Gasteiger partial charge in [-0.15, -0.1) is 0 Å². The second kappa shape index (κ2) is 4.25. The van der Waals surface area contributed by atoms with E-state index in [9.17, 15) is 9.59 Å². The third kappa shape index (κ3) is 2.41. The van der Waals surface area contributed by atoms with Gasteiger partial charge in [-0.05, 0) is 18.2 Å². The van der Waals surface area contributed by atoms with Crippen LogP contribution < -0.4 is 10.7 Å². The predicted molar refractivity (Wildman–Crippen MR) is 62.6 cm³/mol. The summed E-state index contributed by atoms with van der Waals surface area (Å²) in [6.45, 7) is 0. The summed E-state index contributed by atoms with van der Waals surface area (Å²) in [4.78, 5) is 22.2. The molecule has 0 unspecified atom stereocenters. The monoisotopic (exact) mass is 233 g/mol. The molecular formula is C11H11N3O3. The number of hydrazone groups is 1. The van der Waals surface area contributed by atoms with Crippen molar-refractivity contribution in [2.75, 3.05) is 10.7 Å². The molecule has 6 nitrogen and oxygen atoms in total. The molecule has 1 amide bonds. The molecule has 0 radical (unpaired) electrons. The summed E-state index contributed by atoms with van der Waals surface area (Å²) in [6, 6.07) is 6.72. The fourth-order valence-electron chi connectivity index (χ4n) is 1.61. The van der Waals surface area contributed by atoms with E-state index >= 15 is 0 Å². The first-order valence-corrected chi connectivity index (χ1v) is 5.03. The average Bonchev–Trinajstić information content (AvgIpc) is 2.58. The van der Waals surface area contributed by atoms with Gasteiger partial charge in [0.25, 0.3) is 5.91 Å². The number of carbonyl (C=O) groups excluding carboxylic acids is 1. The summed E-state index contributed by atoms with van der Waals surface area (Å²) >= 11 is 0. The number of anilines is 2. The minimum atomic E-state index is -0.994. The Morgan fingerprint density at radius 3 is 2.94 bits per heavy atom. The Hall–Kier alpha value is -2.37. The van der Waals surface area contributed by atoms with E-state index < -0.39 is 5.97 Å². The molecule has 3 N–H and O–H groups in total. The number of carboxylic acid groups (broad SMARTS) is 1. The summed E-state index contributed by atoms with van der Waals surface area (Å²) in [6.07, 6.45) is -0.175. The van der Waals surface area contributed by atoms with Gasteiger partial charge in [0.05, 0.1) is 24.2 Å². The Kier molecular flexibility index (Phi) is 2.78. The smallest absolute Gasteiger partial charge is 0.309 e. The Bertz CT molecular complexity index is 510. The van der Waals surface area contributed by atoms with Crippen molar-refractivity contribution in [2.45, 2.75) is 12.8 Å². The molecule has 1 aliphatic heterocycles. The van der Waals surface area contributed by atoms with Gasteiger partial charge in [0, 0.05) is 5.69 Å². The van der Waals surface area contributed by atoms with Crippen molar-refractivity contribution in [3.8, 4) is 0 Å². The molecule has 2 rings (SSSR count). The molecular weight excluding hydrogens is 222 g/mol. The zero-order valence-corrected chi connectivity index (χ0v) is 8.96. The van der Waals surface area contributed by atoms with Crippen LogP contribution in [0.1, 0.15) is 12.8 Å². The largest absolute Gasteiger partial charge is 0.481 e. The molecule has 1 aromatic carbocycles. The lowest BCUT2D eigenvalue weighted by Crippen LogP contribution is -2.19. The molecule has 0 saturated carbocycles. The van der Waals surface area contributed by atoms with Crippen molar-refractivity contribution in [3.05, 3.63) is 24.3 Å². The van der Waals surface area contributed by atoms with E-state index in [-0.39, 0.29) is 18.7 Å². The van der Waals surface area contributed by atoms with E-state index in [1.165, 1.54) is 5.01 Å². The standard InChI is InChI=1S/C11H11N3O3/c12-7-2-1-3-9(4-7)14-10(15)5-8(13-14)6-11(16)17/h1-4H,5-6,12H2,(H,16,17). The SMILES string of the molecule is Nc1cccc(N2N=C(CC(=O)O)CC2=O)c1. The van der Waals surface area contributed by atoms with Gasteiger partial charge in [-0.1, -0.05) is 6.07 Å². The number of nitrogens with two attached hydrogens (primary N) is 1. The van der Waals surface area contributed by atoms with Crippen LogP contribution in [0.3, 0.4) is 0 Å². The molecule has 0 aliphatic carbocycles. The van der Waals surface area contributed by atoms with E-state index in [0.29, 0.717) is 17.1 Å². The molecule has 0 atom stereocenters. The van der Waals surface area contributed by atoms with Crippen LogP contribution in [-0.4, -0.2) is 22.7 Å². The number of nitrogens with zero attached hydrogens (tertiary/aromatic N) is 2. The highest BCUT2D eigenvalue weighted by atomic mass is 16.4. The lowest BCUT2D eigenvalue weighted by atomic mass is 10.2. The molecule has 0 aromatic heterocycles. The molecule has 17 heavy (non-hydrogen) atoms. The molecule has 0 bridgehead atoms. The van der Waals surface area contributed by atoms with Crippen LogP contribution >= 0.6 is 0 Å². The summed E-state index contributed by atoms with van der Waals surface area (Å²) in [5.74, 6) is -1.24. The van der Waals surface area contributed by atoms with Gasteiger partial charge < -0.3 is 10.8 Å². The second-order valence-electron chi connectivity index (χ2n) is 3.71. The number of benzene rings is 1. The van der Waals surface area contributed by atoms with Crippen LogP contribution in [0.2, 0.25) is 0 Å². The lowest BCUT2D eigenvalue weighted by Gasteiger charge is -2.11. The van der Waals surface area contributed by atoms with Crippen LogP contribution in [0.5, 0.6) is 0 Å². The average molecular weight is 233 g/mol. The van der Waals surface area contributed by atoms with Gasteiger partial charge in [-0.25, -0.2) is 5.01 Å². The van der Waals surface area contributed by atoms with E-state index in [2.05, 4.69) is 5.10 Å². The topological polar surface area (TPSA) is 96.0 Å². The maximum atomic E-state index is 11.7. The van der Waals surface area contributed by atoms with Crippen molar-refractivity contribution in [3.63, 3.8) is 0 Å². The number of hydrogen-bond acceptors (Lipinski definition) is 4. The summed E-state index contributed by atoms with van der Waals surface area (Å²) < 4.78 is 0. The van der Waals surface area contributed by atoms with Crippen LogP contribution in [0.25, 0.3) is 0 Å².